The molecule has 0 aromatic carbocycles. The van der Waals surface area contributed by atoms with Crippen molar-refractivity contribution in [2.45, 2.75) is 38.6 Å². The maximum atomic E-state index is 12.2. The quantitative estimate of drug-likeness (QED) is 0.632. The summed E-state index contributed by atoms with van der Waals surface area (Å²) in [5.74, 6) is -0.734. The van der Waals surface area contributed by atoms with E-state index in [-0.39, 0.29) is 12.1 Å². The molecule has 1 heterocycles. The lowest BCUT2D eigenvalue weighted by Crippen LogP contribution is -2.53. The van der Waals surface area contributed by atoms with Crippen molar-refractivity contribution < 1.29 is 14.4 Å². The standard InChI is InChI=1S/C17H25N3O3/c1-4-20-16(22)13(15(21)18-17(20)23)10-7-9-12-8-5-6-11-14(12)19(2)3/h7,9-10,12,14H,4-6,8,11H2,1-3H3,(H,18,21,23)/b9-7+,13-10+. The number of hydrogen-bond acceptors (Lipinski definition) is 4. The predicted molar refractivity (Wildman–Crippen MR) is 87.6 cm³/mol. The average Bonchev–Trinajstić information content (AvgIpc) is 2.51. The summed E-state index contributed by atoms with van der Waals surface area (Å²) >= 11 is 0. The van der Waals surface area contributed by atoms with E-state index in [0.29, 0.717) is 12.0 Å². The number of amides is 4. The fourth-order valence-electron chi connectivity index (χ4n) is 3.30. The van der Waals surface area contributed by atoms with E-state index >= 15 is 0 Å². The molecular formula is C17H25N3O3. The monoisotopic (exact) mass is 319 g/mol. The Morgan fingerprint density at radius 3 is 2.57 bits per heavy atom. The number of rotatable bonds is 4. The number of barbiturate groups is 1. The molecule has 0 bridgehead atoms. The van der Waals surface area contributed by atoms with Gasteiger partial charge in [0.15, 0.2) is 0 Å². The molecule has 1 aliphatic heterocycles. The highest BCUT2D eigenvalue weighted by Crippen LogP contribution is 2.28. The van der Waals surface area contributed by atoms with Crippen LogP contribution in [0.5, 0.6) is 0 Å². The number of nitrogens with zero attached hydrogens (tertiary/aromatic N) is 2. The van der Waals surface area contributed by atoms with Gasteiger partial charge in [0.25, 0.3) is 11.8 Å². The molecular weight excluding hydrogens is 294 g/mol. The van der Waals surface area contributed by atoms with Crippen LogP contribution in [0.4, 0.5) is 4.79 Å². The van der Waals surface area contributed by atoms with Crippen LogP contribution in [0.15, 0.2) is 23.8 Å². The molecule has 2 rings (SSSR count). The van der Waals surface area contributed by atoms with Crippen LogP contribution < -0.4 is 5.32 Å². The Kier molecular flexibility index (Phi) is 5.71. The lowest BCUT2D eigenvalue weighted by atomic mass is 9.83. The molecule has 0 radical (unpaired) electrons. The lowest BCUT2D eigenvalue weighted by Gasteiger charge is -2.34. The Hall–Kier alpha value is -1.95. The van der Waals surface area contributed by atoms with Crippen molar-refractivity contribution in [2.75, 3.05) is 20.6 Å². The smallest absolute Gasteiger partial charge is 0.306 e. The zero-order chi connectivity index (χ0) is 17.0. The number of allylic oxidation sites excluding steroid dienone is 2. The summed E-state index contributed by atoms with van der Waals surface area (Å²) in [6.07, 6.45) is 10.1. The van der Waals surface area contributed by atoms with Gasteiger partial charge in [0.1, 0.15) is 5.57 Å². The van der Waals surface area contributed by atoms with Gasteiger partial charge in [0.05, 0.1) is 0 Å². The number of hydrogen-bond donors (Lipinski definition) is 1. The molecule has 2 fully saturated rings. The first kappa shape index (κ1) is 17.4. The summed E-state index contributed by atoms with van der Waals surface area (Å²) in [5, 5.41) is 2.19. The minimum absolute atomic E-state index is 0.0138. The van der Waals surface area contributed by atoms with Gasteiger partial charge in [-0.2, -0.15) is 0 Å². The zero-order valence-electron chi connectivity index (χ0n) is 14.0. The Bertz CT molecular complexity index is 551. The van der Waals surface area contributed by atoms with Crippen LogP contribution in [0.2, 0.25) is 0 Å². The second-order valence-corrected chi connectivity index (χ2v) is 6.25. The molecule has 2 atom stereocenters. The molecule has 1 aliphatic carbocycles. The lowest BCUT2D eigenvalue weighted by molar-refractivity contribution is -0.130. The number of carbonyl (C=O) groups is 3. The van der Waals surface area contributed by atoms with E-state index in [1.54, 1.807) is 13.0 Å². The summed E-state index contributed by atoms with van der Waals surface area (Å²) in [5.41, 5.74) is 0.0138. The molecule has 4 amide bonds. The van der Waals surface area contributed by atoms with Gasteiger partial charge in [-0.15, -0.1) is 0 Å². The number of carbonyl (C=O) groups excluding carboxylic acids is 3. The fourth-order valence-corrected chi connectivity index (χ4v) is 3.30. The van der Waals surface area contributed by atoms with Crippen LogP contribution in [0, 0.1) is 5.92 Å². The van der Waals surface area contributed by atoms with E-state index in [9.17, 15) is 14.4 Å². The predicted octanol–water partition coefficient (Wildman–Crippen LogP) is 1.69. The molecule has 23 heavy (non-hydrogen) atoms. The molecule has 126 valence electrons. The van der Waals surface area contributed by atoms with E-state index in [2.05, 4.69) is 30.4 Å². The van der Waals surface area contributed by atoms with Gasteiger partial charge in [-0.1, -0.05) is 25.0 Å². The van der Waals surface area contributed by atoms with Gasteiger partial charge < -0.3 is 4.90 Å². The minimum atomic E-state index is -0.649. The van der Waals surface area contributed by atoms with Crippen molar-refractivity contribution in [2.24, 2.45) is 5.92 Å². The first-order valence-electron chi connectivity index (χ1n) is 8.17. The maximum absolute atomic E-state index is 12.2. The zero-order valence-corrected chi connectivity index (χ0v) is 14.0. The summed E-state index contributed by atoms with van der Waals surface area (Å²) < 4.78 is 0. The third-order valence-electron chi connectivity index (χ3n) is 4.57. The van der Waals surface area contributed by atoms with Crippen molar-refractivity contribution in [1.82, 2.24) is 15.1 Å². The van der Waals surface area contributed by atoms with Crippen molar-refractivity contribution in [1.29, 1.82) is 0 Å². The molecule has 2 unspecified atom stereocenters. The summed E-state index contributed by atoms with van der Waals surface area (Å²) in [4.78, 5) is 38.8. The van der Waals surface area contributed by atoms with Crippen molar-refractivity contribution in [3.05, 3.63) is 23.8 Å². The largest absolute Gasteiger partial charge is 0.331 e. The van der Waals surface area contributed by atoms with Gasteiger partial charge in [0.2, 0.25) is 0 Å². The van der Waals surface area contributed by atoms with E-state index in [4.69, 9.17) is 0 Å². The highest BCUT2D eigenvalue weighted by atomic mass is 16.2. The fraction of sp³-hybridized carbons (Fsp3) is 0.588. The third kappa shape index (κ3) is 3.88. The second-order valence-electron chi connectivity index (χ2n) is 6.25. The number of nitrogens with one attached hydrogen (secondary N) is 1. The summed E-state index contributed by atoms with van der Waals surface area (Å²) in [6, 6.07) is -0.161. The van der Waals surface area contributed by atoms with E-state index in [0.717, 1.165) is 17.7 Å². The highest BCUT2D eigenvalue weighted by Gasteiger charge is 2.34. The van der Waals surface area contributed by atoms with E-state index in [1.165, 1.54) is 18.9 Å². The Balaban J connectivity index is 2.12. The van der Waals surface area contributed by atoms with Gasteiger partial charge in [-0.3, -0.25) is 19.8 Å². The Morgan fingerprint density at radius 1 is 1.22 bits per heavy atom. The number of likely N-dealkylation sites (N-methyl/N-ethyl adjacent to an activating group) is 1. The second kappa shape index (κ2) is 7.55. The molecule has 1 saturated heterocycles. The molecule has 0 aromatic rings. The van der Waals surface area contributed by atoms with Crippen LogP contribution in [-0.2, 0) is 9.59 Å². The molecule has 0 aromatic heterocycles. The summed E-state index contributed by atoms with van der Waals surface area (Å²) in [6.45, 7) is 1.94. The van der Waals surface area contributed by atoms with Crippen molar-refractivity contribution in [3.8, 4) is 0 Å². The van der Waals surface area contributed by atoms with Gasteiger partial charge in [0, 0.05) is 12.6 Å². The number of imide groups is 2. The highest BCUT2D eigenvalue weighted by molar-refractivity contribution is 6.28. The van der Waals surface area contributed by atoms with E-state index < -0.39 is 17.8 Å². The number of urea groups is 1. The normalized spacial score (nSPS) is 28.1. The molecule has 1 saturated carbocycles. The molecule has 6 heteroatoms. The van der Waals surface area contributed by atoms with Crippen molar-refractivity contribution in [3.63, 3.8) is 0 Å². The average molecular weight is 319 g/mol. The maximum Gasteiger partial charge on any atom is 0.331 e. The third-order valence-corrected chi connectivity index (χ3v) is 4.57. The van der Waals surface area contributed by atoms with Crippen LogP contribution in [0.3, 0.4) is 0 Å². The van der Waals surface area contributed by atoms with E-state index in [1.807, 2.05) is 0 Å². The molecule has 2 aliphatic rings. The summed E-state index contributed by atoms with van der Waals surface area (Å²) in [7, 11) is 4.16. The topological polar surface area (TPSA) is 69.7 Å². The van der Waals surface area contributed by atoms with Crippen LogP contribution in [0.1, 0.15) is 32.6 Å². The van der Waals surface area contributed by atoms with Gasteiger partial charge >= 0.3 is 6.03 Å². The van der Waals surface area contributed by atoms with Gasteiger partial charge in [-0.05, 0) is 45.9 Å². The van der Waals surface area contributed by atoms with Gasteiger partial charge in [-0.25, -0.2) is 4.79 Å². The molecule has 0 spiro atoms. The van der Waals surface area contributed by atoms with Crippen LogP contribution >= 0.6 is 0 Å². The molecule has 1 N–H and O–H groups in total. The SMILES string of the molecule is CCN1C(=O)NC(=O)/C(=C\C=C\C2CCCCC2N(C)C)C1=O. The van der Waals surface area contributed by atoms with Crippen LogP contribution in [0.25, 0.3) is 0 Å². The first-order chi connectivity index (χ1) is 11.0. The Morgan fingerprint density at radius 2 is 1.91 bits per heavy atom. The molecule has 6 nitrogen and oxygen atoms in total. The minimum Gasteiger partial charge on any atom is -0.306 e. The van der Waals surface area contributed by atoms with Crippen LogP contribution in [-0.4, -0.2) is 54.3 Å². The first-order valence-corrected chi connectivity index (χ1v) is 8.17. The van der Waals surface area contributed by atoms with Crippen molar-refractivity contribution >= 4 is 17.8 Å². The Labute approximate surface area is 137 Å².